The van der Waals surface area contributed by atoms with Gasteiger partial charge >= 0.3 is 0 Å². The van der Waals surface area contributed by atoms with E-state index in [0.717, 1.165) is 35.7 Å². The molecule has 0 bridgehead atoms. The number of pyridine rings is 1. The van der Waals surface area contributed by atoms with Crippen LogP contribution in [-0.4, -0.2) is 11.3 Å². The largest absolute Gasteiger partial charge is 0.298 e. The van der Waals surface area contributed by atoms with Crippen molar-refractivity contribution in [1.82, 2.24) is 4.98 Å². The fraction of sp³-hybridized carbons (Fsp3) is 0.368. The molecule has 0 aliphatic heterocycles. The summed E-state index contributed by atoms with van der Waals surface area (Å²) < 4.78 is 0.973. The Morgan fingerprint density at radius 1 is 1.23 bits per heavy atom. The number of hydrogen-bond donors (Lipinski definition) is 0. The van der Waals surface area contributed by atoms with Gasteiger partial charge in [-0.25, -0.2) is 4.98 Å². The van der Waals surface area contributed by atoms with Crippen LogP contribution in [0.5, 0.6) is 0 Å². The van der Waals surface area contributed by atoms with Crippen molar-refractivity contribution in [2.24, 2.45) is 5.92 Å². The fourth-order valence-electron chi connectivity index (χ4n) is 4.15. The molecule has 1 heterocycles. The van der Waals surface area contributed by atoms with Gasteiger partial charge in [0.25, 0.3) is 0 Å². The van der Waals surface area contributed by atoms with Crippen LogP contribution in [0.25, 0.3) is 16.3 Å². The SMILES string of the molecule is CC1Cc2cc(C3=C(C=O)C[C@H](C)C3)cc3cnc(Br)c1c23. The predicted molar refractivity (Wildman–Crippen MR) is 92.9 cm³/mol. The maximum Gasteiger partial charge on any atom is 0.146 e. The van der Waals surface area contributed by atoms with Crippen molar-refractivity contribution in [2.75, 3.05) is 0 Å². The van der Waals surface area contributed by atoms with E-state index in [9.17, 15) is 4.79 Å². The number of nitrogens with zero attached hydrogens (tertiary/aromatic N) is 1. The van der Waals surface area contributed by atoms with E-state index in [-0.39, 0.29) is 0 Å². The predicted octanol–water partition coefficient (Wildman–Crippen LogP) is 5.04. The monoisotopic (exact) mass is 355 g/mol. The van der Waals surface area contributed by atoms with Crippen molar-refractivity contribution in [1.29, 1.82) is 0 Å². The molecule has 0 amide bonds. The highest BCUT2D eigenvalue weighted by Crippen LogP contribution is 2.44. The second-order valence-corrected chi connectivity index (χ2v) is 7.55. The van der Waals surface area contributed by atoms with Gasteiger partial charge in [-0.05, 0) is 86.3 Å². The summed E-state index contributed by atoms with van der Waals surface area (Å²) in [5.41, 5.74) is 6.18. The Morgan fingerprint density at radius 3 is 2.82 bits per heavy atom. The summed E-state index contributed by atoms with van der Waals surface area (Å²) in [4.78, 5) is 15.9. The van der Waals surface area contributed by atoms with Gasteiger partial charge in [-0.15, -0.1) is 0 Å². The van der Waals surface area contributed by atoms with Gasteiger partial charge in [0.2, 0.25) is 0 Å². The van der Waals surface area contributed by atoms with Crippen LogP contribution in [-0.2, 0) is 11.2 Å². The molecular formula is C19H18BrNO. The minimum atomic E-state index is 0.498. The molecule has 2 atom stereocenters. The summed E-state index contributed by atoms with van der Waals surface area (Å²) in [6.07, 6.45) is 5.98. The van der Waals surface area contributed by atoms with Gasteiger partial charge in [-0.1, -0.05) is 19.9 Å². The average molecular weight is 356 g/mol. The molecule has 112 valence electrons. The van der Waals surface area contributed by atoms with Crippen LogP contribution < -0.4 is 0 Å². The van der Waals surface area contributed by atoms with E-state index in [1.807, 2.05) is 6.20 Å². The molecule has 0 saturated heterocycles. The third kappa shape index (κ3) is 1.98. The first-order valence-corrected chi connectivity index (χ1v) is 8.66. The van der Waals surface area contributed by atoms with E-state index in [2.05, 4.69) is 46.9 Å². The number of aromatic nitrogens is 1. The molecule has 1 aromatic heterocycles. The van der Waals surface area contributed by atoms with Crippen LogP contribution in [0.3, 0.4) is 0 Å². The van der Waals surface area contributed by atoms with E-state index in [1.165, 1.54) is 33.0 Å². The number of benzene rings is 1. The van der Waals surface area contributed by atoms with E-state index in [0.29, 0.717) is 11.8 Å². The van der Waals surface area contributed by atoms with Crippen molar-refractivity contribution in [2.45, 2.75) is 39.0 Å². The van der Waals surface area contributed by atoms with Crippen LogP contribution in [0, 0.1) is 5.92 Å². The number of aldehydes is 1. The van der Waals surface area contributed by atoms with Crippen LogP contribution in [0.15, 0.2) is 28.5 Å². The number of halogens is 1. The Balaban J connectivity index is 1.95. The standard InChI is InChI=1S/C19H18BrNO/c1-10-3-15(9-22)16(4-10)12-6-13-5-11(2)17-18(13)14(7-12)8-21-19(17)20/h6-11H,3-5H2,1-2H3/t10-,11?/m0/s1. The molecule has 2 aliphatic carbocycles. The van der Waals surface area contributed by atoms with E-state index < -0.39 is 0 Å². The summed E-state index contributed by atoms with van der Waals surface area (Å²) in [7, 11) is 0. The maximum atomic E-state index is 11.4. The third-order valence-corrected chi connectivity index (χ3v) is 5.71. The maximum absolute atomic E-state index is 11.4. The van der Waals surface area contributed by atoms with Gasteiger partial charge < -0.3 is 0 Å². The molecule has 1 aromatic carbocycles. The van der Waals surface area contributed by atoms with Crippen molar-refractivity contribution in [3.63, 3.8) is 0 Å². The van der Waals surface area contributed by atoms with Gasteiger partial charge in [0.05, 0.1) is 0 Å². The van der Waals surface area contributed by atoms with E-state index in [1.54, 1.807) is 0 Å². The summed E-state index contributed by atoms with van der Waals surface area (Å²) in [5, 5.41) is 2.56. The number of allylic oxidation sites excluding steroid dienone is 2. The molecule has 22 heavy (non-hydrogen) atoms. The van der Waals surface area contributed by atoms with E-state index in [4.69, 9.17) is 0 Å². The molecule has 0 saturated carbocycles. The lowest BCUT2D eigenvalue weighted by atomic mass is 9.96. The summed E-state index contributed by atoms with van der Waals surface area (Å²) in [6, 6.07) is 4.52. The summed E-state index contributed by atoms with van der Waals surface area (Å²) >= 11 is 3.60. The van der Waals surface area contributed by atoms with Gasteiger partial charge in [-0.3, -0.25) is 4.79 Å². The van der Waals surface area contributed by atoms with Crippen molar-refractivity contribution < 1.29 is 4.79 Å². The zero-order valence-corrected chi connectivity index (χ0v) is 14.4. The molecule has 0 N–H and O–H groups in total. The highest BCUT2D eigenvalue weighted by atomic mass is 79.9. The van der Waals surface area contributed by atoms with Gasteiger partial charge in [0.1, 0.15) is 10.9 Å². The molecule has 0 spiro atoms. The fourth-order valence-corrected chi connectivity index (χ4v) is 4.84. The first-order valence-electron chi connectivity index (χ1n) is 7.87. The highest BCUT2D eigenvalue weighted by Gasteiger charge is 2.27. The molecule has 2 aliphatic rings. The molecule has 1 unspecified atom stereocenters. The van der Waals surface area contributed by atoms with Gasteiger partial charge in [0, 0.05) is 11.6 Å². The van der Waals surface area contributed by atoms with Crippen LogP contribution in [0.2, 0.25) is 0 Å². The van der Waals surface area contributed by atoms with Gasteiger partial charge in [0.15, 0.2) is 0 Å². The van der Waals surface area contributed by atoms with Gasteiger partial charge in [-0.2, -0.15) is 0 Å². The molecule has 3 heteroatoms. The first kappa shape index (κ1) is 14.1. The highest BCUT2D eigenvalue weighted by molar-refractivity contribution is 9.10. The lowest BCUT2D eigenvalue weighted by molar-refractivity contribution is -0.105. The lowest BCUT2D eigenvalue weighted by Crippen LogP contribution is -1.91. The molecule has 0 radical (unpaired) electrons. The molecule has 2 nitrogen and oxygen atoms in total. The quantitative estimate of drug-likeness (QED) is 0.557. The zero-order valence-electron chi connectivity index (χ0n) is 12.8. The Bertz CT molecular complexity index is 837. The third-order valence-electron chi connectivity index (χ3n) is 5.08. The Hall–Kier alpha value is -1.48. The van der Waals surface area contributed by atoms with Crippen LogP contribution in [0.1, 0.15) is 49.3 Å². The summed E-state index contributed by atoms with van der Waals surface area (Å²) in [5.74, 6) is 1.06. The van der Waals surface area contributed by atoms with Crippen molar-refractivity contribution in [3.05, 3.63) is 45.2 Å². The summed E-state index contributed by atoms with van der Waals surface area (Å²) in [6.45, 7) is 4.48. The minimum Gasteiger partial charge on any atom is -0.298 e. The number of carbonyl (C=O) groups excluding carboxylic acids is 1. The molecular weight excluding hydrogens is 338 g/mol. The van der Waals surface area contributed by atoms with E-state index >= 15 is 0 Å². The van der Waals surface area contributed by atoms with Crippen molar-refractivity contribution >= 4 is 38.6 Å². The Labute approximate surface area is 138 Å². The number of carbonyl (C=O) groups is 1. The molecule has 0 fully saturated rings. The number of hydrogen-bond acceptors (Lipinski definition) is 2. The smallest absolute Gasteiger partial charge is 0.146 e. The lowest BCUT2D eigenvalue weighted by Gasteiger charge is -2.10. The van der Waals surface area contributed by atoms with Crippen LogP contribution in [0.4, 0.5) is 0 Å². The second-order valence-electron chi connectivity index (χ2n) is 6.80. The Morgan fingerprint density at radius 2 is 2.05 bits per heavy atom. The normalized spacial score (nSPS) is 23.6. The minimum absolute atomic E-state index is 0.498. The van der Waals surface area contributed by atoms with Crippen molar-refractivity contribution in [3.8, 4) is 0 Å². The topological polar surface area (TPSA) is 30.0 Å². The zero-order chi connectivity index (χ0) is 15.4. The van der Waals surface area contributed by atoms with Crippen LogP contribution >= 0.6 is 15.9 Å². The Kier molecular flexibility index (Phi) is 3.23. The second kappa shape index (κ2) is 5.02. The number of rotatable bonds is 2. The first-order chi connectivity index (χ1) is 10.6. The average Bonchev–Trinajstić information content (AvgIpc) is 3.03. The molecule has 2 aromatic rings. The molecule has 4 rings (SSSR count).